The van der Waals surface area contributed by atoms with E-state index in [0.29, 0.717) is 18.8 Å². The van der Waals surface area contributed by atoms with Crippen LogP contribution in [0, 0.1) is 11.7 Å². The number of hydrogen-bond acceptors (Lipinski definition) is 3. The Balaban J connectivity index is 1.39. The van der Waals surface area contributed by atoms with Crippen molar-refractivity contribution < 1.29 is 14.0 Å². The van der Waals surface area contributed by atoms with Crippen molar-refractivity contribution in [3.63, 3.8) is 0 Å². The first-order valence-electron chi connectivity index (χ1n) is 9.81. The van der Waals surface area contributed by atoms with Crippen molar-refractivity contribution in [2.75, 3.05) is 24.2 Å². The van der Waals surface area contributed by atoms with Gasteiger partial charge in [0.05, 0.1) is 0 Å². The second-order valence-corrected chi connectivity index (χ2v) is 8.32. The van der Waals surface area contributed by atoms with Gasteiger partial charge in [-0.15, -0.1) is 11.8 Å². The first-order chi connectivity index (χ1) is 14.0. The van der Waals surface area contributed by atoms with Gasteiger partial charge in [-0.2, -0.15) is 0 Å². The van der Waals surface area contributed by atoms with Crippen LogP contribution >= 0.6 is 11.8 Å². The minimum Gasteiger partial charge on any atom is -0.342 e. The van der Waals surface area contributed by atoms with E-state index in [-0.39, 0.29) is 29.7 Å². The highest BCUT2D eigenvalue weighted by Gasteiger charge is 2.26. The van der Waals surface area contributed by atoms with Crippen LogP contribution in [-0.2, 0) is 4.79 Å². The maximum Gasteiger partial charge on any atom is 0.319 e. The third kappa shape index (κ3) is 6.49. The molecule has 0 bridgehead atoms. The Bertz CT molecular complexity index is 809. The lowest BCUT2D eigenvalue weighted by molar-refractivity contribution is -0.135. The molecular formula is C22H26FN3O2S. The van der Waals surface area contributed by atoms with Crippen LogP contribution in [0.1, 0.15) is 19.8 Å². The molecule has 2 aromatic carbocycles. The smallest absolute Gasteiger partial charge is 0.319 e. The van der Waals surface area contributed by atoms with E-state index >= 15 is 0 Å². The van der Waals surface area contributed by atoms with E-state index in [1.807, 2.05) is 30.0 Å². The van der Waals surface area contributed by atoms with Gasteiger partial charge in [-0.25, -0.2) is 9.18 Å². The largest absolute Gasteiger partial charge is 0.342 e. The molecule has 1 saturated heterocycles. The Labute approximate surface area is 175 Å². The molecule has 2 aromatic rings. The lowest BCUT2D eigenvalue weighted by Crippen LogP contribution is -2.48. The lowest BCUT2D eigenvalue weighted by Gasteiger charge is -2.34. The number of carbonyl (C=O) groups excluding carboxylic acids is 2. The summed E-state index contributed by atoms with van der Waals surface area (Å²) >= 11 is 1.70. The predicted molar refractivity (Wildman–Crippen MR) is 114 cm³/mol. The number of carbonyl (C=O) groups is 2. The topological polar surface area (TPSA) is 61.4 Å². The van der Waals surface area contributed by atoms with Gasteiger partial charge in [0.2, 0.25) is 5.91 Å². The number of rotatable bonds is 6. The second kappa shape index (κ2) is 10.3. The van der Waals surface area contributed by atoms with Gasteiger partial charge in [0.1, 0.15) is 5.82 Å². The Morgan fingerprint density at radius 2 is 1.76 bits per heavy atom. The van der Waals surface area contributed by atoms with Crippen molar-refractivity contribution in [2.24, 2.45) is 5.92 Å². The minimum absolute atomic E-state index is 0.0218. The van der Waals surface area contributed by atoms with Crippen LogP contribution in [0.3, 0.4) is 0 Å². The maximum absolute atomic E-state index is 12.9. The molecule has 1 fully saturated rings. The van der Waals surface area contributed by atoms with E-state index in [1.165, 1.54) is 29.2 Å². The first kappa shape index (κ1) is 21.2. The number of amides is 3. The summed E-state index contributed by atoms with van der Waals surface area (Å²) in [6.45, 7) is 3.25. The van der Waals surface area contributed by atoms with Gasteiger partial charge in [-0.1, -0.05) is 25.1 Å². The Hall–Kier alpha value is -2.54. The van der Waals surface area contributed by atoms with Gasteiger partial charge in [0, 0.05) is 41.4 Å². The third-order valence-corrected chi connectivity index (χ3v) is 6.18. The molecular weight excluding hydrogens is 389 g/mol. The van der Waals surface area contributed by atoms with Crippen molar-refractivity contribution in [3.05, 3.63) is 60.4 Å². The number of piperidine rings is 1. The number of halogens is 1. The summed E-state index contributed by atoms with van der Waals surface area (Å²) in [7, 11) is 0. The quantitative estimate of drug-likeness (QED) is 0.689. The fraction of sp³-hybridized carbons (Fsp3) is 0.364. The molecule has 154 valence electrons. The second-order valence-electron chi connectivity index (χ2n) is 7.23. The van der Waals surface area contributed by atoms with Gasteiger partial charge >= 0.3 is 6.03 Å². The van der Waals surface area contributed by atoms with E-state index < -0.39 is 0 Å². The zero-order chi connectivity index (χ0) is 20.6. The molecule has 1 aliphatic heterocycles. The fourth-order valence-corrected chi connectivity index (χ4v) is 4.19. The Kier molecular flexibility index (Phi) is 7.52. The molecule has 7 heteroatoms. The summed E-state index contributed by atoms with van der Waals surface area (Å²) in [4.78, 5) is 27.9. The van der Waals surface area contributed by atoms with Crippen molar-refractivity contribution >= 4 is 29.4 Å². The molecule has 3 amide bonds. The molecule has 2 N–H and O–H groups in total. The van der Waals surface area contributed by atoms with Gasteiger partial charge < -0.3 is 15.5 Å². The Morgan fingerprint density at radius 1 is 1.10 bits per heavy atom. The van der Waals surface area contributed by atoms with E-state index in [4.69, 9.17) is 0 Å². The van der Waals surface area contributed by atoms with Crippen LogP contribution in [0.4, 0.5) is 14.9 Å². The van der Waals surface area contributed by atoms with Gasteiger partial charge in [0.15, 0.2) is 0 Å². The highest BCUT2D eigenvalue weighted by molar-refractivity contribution is 7.99. The molecule has 1 unspecified atom stereocenters. The predicted octanol–water partition coefficient (Wildman–Crippen LogP) is 4.37. The molecule has 0 saturated carbocycles. The van der Waals surface area contributed by atoms with Crippen LogP contribution in [0.15, 0.2) is 59.5 Å². The molecule has 1 heterocycles. The number of nitrogens with zero attached hydrogens (tertiary/aromatic N) is 1. The number of thioether (sulfide) groups is 1. The van der Waals surface area contributed by atoms with Crippen LogP contribution in [0.5, 0.6) is 0 Å². The summed E-state index contributed by atoms with van der Waals surface area (Å²) in [5.74, 6) is 0.528. The fourth-order valence-electron chi connectivity index (χ4n) is 3.25. The van der Waals surface area contributed by atoms with E-state index in [2.05, 4.69) is 22.8 Å². The van der Waals surface area contributed by atoms with Gasteiger partial charge in [-0.05, 0) is 49.2 Å². The average Bonchev–Trinajstić information content (AvgIpc) is 2.74. The Morgan fingerprint density at radius 3 is 2.41 bits per heavy atom. The highest BCUT2D eigenvalue weighted by atomic mass is 32.2. The monoisotopic (exact) mass is 415 g/mol. The summed E-state index contributed by atoms with van der Waals surface area (Å²) in [6.07, 6.45) is 1.45. The zero-order valence-corrected chi connectivity index (χ0v) is 17.3. The summed E-state index contributed by atoms with van der Waals surface area (Å²) < 4.78 is 12.9. The average molecular weight is 416 g/mol. The van der Waals surface area contributed by atoms with Crippen molar-refractivity contribution in [1.29, 1.82) is 0 Å². The molecule has 3 rings (SSSR count). The molecule has 29 heavy (non-hydrogen) atoms. The lowest BCUT2D eigenvalue weighted by atomic mass is 10.0. The number of urea groups is 1. The van der Waals surface area contributed by atoms with E-state index in [1.54, 1.807) is 11.8 Å². The van der Waals surface area contributed by atoms with Gasteiger partial charge in [-0.3, -0.25) is 4.79 Å². The van der Waals surface area contributed by atoms with Crippen molar-refractivity contribution in [1.82, 2.24) is 10.2 Å². The van der Waals surface area contributed by atoms with Crippen LogP contribution in [0.25, 0.3) is 0 Å². The van der Waals surface area contributed by atoms with Crippen molar-refractivity contribution in [2.45, 2.75) is 30.7 Å². The molecule has 5 nitrogen and oxygen atoms in total. The van der Waals surface area contributed by atoms with E-state index in [0.717, 1.165) is 18.6 Å². The molecule has 1 aliphatic rings. The number of hydrogen-bond donors (Lipinski definition) is 2. The van der Waals surface area contributed by atoms with Crippen molar-refractivity contribution in [3.8, 4) is 0 Å². The van der Waals surface area contributed by atoms with Gasteiger partial charge in [0.25, 0.3) is 0 Å². The van der Waals surface area contributed by atoms with Crippen LogP contribution in [0.2, 0.25) is 0 Å². The van der Waals surface area contributed by atoms with E-state index in [9.17, 15) is 14.0 Å². The molecule has 1 atom stereocenters. The maximum atomic E-state index is 12.9. The third-order valence-electron chi connectivity index (χ3n) is 4.91. The minimum atomic E-state index is -0.343. The molecule has 0 aromatic heterocycles. The number of benzene rings is 2. The summed E-state index contributed by atoms with van der Waals surface area (Å²) in [5, 5.41) is 5.63. The zero-order valence-electron chi connectivity index (χ0n) is 16.4. The molecule has 0 aliphatic carbocycles. The van der Waals surface area contributed by atoms with Crippen LogP contribution in [-0.4, -0.2) is 41.7 Å². The summed E-state index contributed by atoms with van der Waals surface area (Å²) in [5.41, 5.74) is 0.543. The number of nitrogens with one attached hydrogen (secondary N) is 2. The number of anilines is 1. The normalized spacial score (nSPS) is 15.6. The standard InChI is InChI=1S/C22H26FN3O2S/c1-16(15-29-20-5-3-2-4-6-20)21(27)26-13-11-19(12-14-26)25-22(28)24-18-9-7-17(23)8-10-18/h2-10,16,19H,11-15H2,1H3,(H2,24,25,28). The summed E-state index contributed by atoms with van der Waals surface area (Å²) in [6, 6.07) is 15.4. The number of likely N-dealkylation sites (tertiary alicyclic amines) is 1. The first-order valence-corrected chi connectivity index (χ1v) is 10.8. The van der Waals surface area contributed by atoms with Crippen LogP contribution < -0.4 is 10.6 Å². The molecule has 0 spiro atoms. The molecule has 0 radical (unpaired) electrons. The highest BCUT2D eigenvalue weighted by Crippen LogP contribution is 2.22. The SMILES string of the molecule is CC(CSc1ccccc1)C(=O)N1CCC(NC(=O)Nc2ccc(F)cc2)CC1.